The lowest BCUT2D eigenvalue weighted by Gasteiger charge is -2.06. The number of hydrogen-bond acceptors (Lipinski definition) is 4. The van der Waals surface area contributed by atoms with Crippen LogP contribution in [0.4, 0.5) is 5.69 Å². The Balaban J connectivity index is 2.58. The molecule has 2 aromatic rings. The Morgan fingerprint density at radius 3 is 2.80 bits per heavy atom. The number of nitrogen functional groups attached to an aromatic ring is 1. The standard InChI is InChI=1S/C11H12N2O2/c1-7-3-4-8(10(5-7)14-2)11-9(12)6-13-15-11/h3-6H,12H2,1-2H3. The first-order chi connectivity index (χ1) is 7.22. The summed E-state index contributed by atoms with van der Waals surface area (Å²) in [6.45, 7) is 2.00. The van der Waals surface area contributed by atoms with Crippen LogP contribution >= 0.6 is 0 Å². The number of anilines is 1. The summed E-state index contributed by atoms with van der Waals surface area (Å²) in [6.07, 6.45) is 1.48. The van der Waals surface area contributed by atoms with Crippen LogP contribution in [0.25, 0.3) is 11.3 Å². The Bertz CT molecular complexity index is 477. The molecule has 4 heteroatoms. The second kappa shape index (κ2) is 3.65. The van der Waals surface area contributed by atoms with Gasteiger partial charge in [0.2, 0.25) is 0 Å². The van der Waals surface area contributed by atoms with Crippen LogP contribution in [0.1, 0.15) is 5.56 Å². The third-order valence-electron chi connectivity index (χ3n) is 2.20. The molecule has 0 atom stereocenters. The molecule has 78 valence electrons. The second-order valence-electron chi connectivity index (χ2n) is 3.31. The number of aromatic nitrogens is 1. The van der Waals surface area contributed by atoms with Gasteiger partial charge in [0.1, 0.15) is 11.4 Å². The second-order valence-corrected chi connectivity index (χ2v) is 3.31. The molecule has 1 heterocycles. The first kappa shape index (κ1) is 9.58. The quantitative estimate of drug-likeness (QED) is 0.814. The summed E-state index contributed by atoms with van der Waals surface area (Å²) in [5, 5.41) is 3.64. The van der Waals surface area contributed by atoms with Gasteiger partial charge in [-0.1, -0.05) is 11.2 Å². The summed E-state index contributed by atoms with van der Waals surface area (Å²) >= 11 is 0. The van der Waals surface area contributed by atoms with Crippen molar-refractivity contribution in [3.8, 4) is 17.1 Å². The molecule has 0 fully saturated rings. The van der Waals surface area contributed by atoms with Crippen LogP contribution in [-0.4, -0.2) is 12.3 Å². The fourth-order valence-electron chi connectivity index (χ4n) is 1.44. The number of methoxy groups -OCH3 is 1. The lowest BCUT2D eigenvalue weighted by atomic mass is 10.1. The Morgan fingerprint density at radius 1 is 1.40 bits per heavy atom. The van der Waals surface area contributed by atoms with Gasteiger partial charge < -0.3 is 15.0 Å². The lowest BCUT2D eigenvalue weighted by molar-refractivity contribution is 0.406. The molecule has 2 rings (SSSR count). The van der Waals surface area contributed by atoms with Crippen molar-refractivity contribution in [1.29, 1.82) is 0 Å². The van der Waals surface area contributed by atoms with Crippen molar-refractivity contribution in [1.82, 2.24) is 5.16 Å². The van der Waals surface area contributed by atoms with E-state index in [2.05, 4.69) is 5.16 Å². The van der Waals surface area contributed by atoms with Crippen molar-refractivity contribution in [3.05, 3.63) is 30.0 Å². The van der Waals surface area contributed by atoms with Crippen LogP contribution < -0.4 is 10.5 Å². The zero-order valence-electron chi connectivity index (χ0n) is 8.65. The van der Waals surface area contributed by atoms with Gasteiger partial charge in [0.15, 0.2) is 5.76 Å². The van der Waals surface area contributed by atoms with Crippen molar-refractivity contribution < 1.29 is 9.26 Å². The number of rotatable bonds is 2. The molecule has 15 heavy (non-hydrogen) atoms. The maximum Gasteiger partial charge on any atom is 0.193 e. The molecule has 0 amide bonds. The van der Waals surface area contributed by atoms with E-state index >= 15 is 0 Å². The molecule has 0 radical (unpaired) electrons. The Hall–Kier alpha value is -1.97. The Morgan fingerprint density at radius 2 is 2.20 bits per heavy atom. The molecule has 1 aromatic carbocycles. The van der Waals surface area contributed by atoms with Gasteiger partial charge in [-0.15, -0.1) is 0 Å². The van der Waals surface area contributed by atoms with E-state index in [1.807, 2.05) is 25.1 Å². The zero-order chi connectivity index (χ0) is 10.8. The van der Waals surface area contributed by atoms with Crippen molar-refractivity contribution in [2.45, 2.75) is 6.92 Å². The van der Waals surface area contributed by atoms with E-state index in [-0.39, 0.29) is 0 Å². The predicted molar refractivity (Wildman–Crippen MR) is 57.6 cm³/mol. The maximum atomic E-state index is 5.72. The number of hydrogen-bond donors (Lipinski definition) is 1. The molecule has 0 saturated carbocycles. The smallest absolute Gasteiger partial charge is 0.193 e. The highest BCUT2D eigenvalue weighted by Crippen LogP contribution is 2.33. The first-order valence-electron chi connectivity index (χ1n) is 4.57. The van der Waals surface area contributed by atoms with Crippen LogP contribution in [0.5, 0.6) is 5.75 Å². The average Bonchev–Trinajstić information content (AvgIpc) is 2.64. The van der Waals surface area contributed by atoms with Crippen LogP contribution in [0.3, 0.4) is 0 Å². The molecular formula is C11H12N2O2. The lowest BCUT2D eigenvalue weighted by Crippen LogP contribution is -1.90. The summed E-state index contributed by atoms with van der Waals surface area (Å²) in [5.41, 5.74) is 8.17. The summed E-state index contributed by atoms with van der Waals surface area (Å²) in [6, 6.07) is 5.81. The van der Waals surface area contributed by atoms with Gasteiger partial charge in [0.25, 0.3) is 0 Å². The molecule has 4 nitrogen and oxygen atoms in total. The van der Waals surface area contributed by atoms with Crippen molar-refractivity contribution in [3.63, 3.8) is 0 Å². The maximum absolute atomic E-state index is 5.72. The third kappa shape index (κ3) is 1.66. The molecule has 0 aliphatic heterocycles. The minimum absolute atomic E-state index is 0.511. The molecule has 0 spiro atoms. The minimum Gasteiger partial charge on any atom is -0.496 e. The molecule has 0 saturated heterocycles. The van der Waals surface area contributed by atoms with Gasteiger partial charge in [-0.05, 0) is 24.6 Å². The summed E-state index contributed by atoms with van der Waals surface area (Å²) in [7, 11) is 1.62. The molecule has 0 aliphatic carbocycles. The minimum atomic E-state index is 0.511. The number of ether oxygens (including phenoxy) is 1. The van der Waals surface area contributed by atoms with Crippen LogP contribution in [-0.2, 0) is 0 Å². The number of nitrogens with zero attached hydrogens (tertiary/aromatic N) is 1. The summed E-state index contributed by atoms with van der Waals surface area (Å²) < 4.78 is 10.3. The van der Waals surface area contributed by atoms with Gasteiger partial charge in [0, 0.05) is 0 Å². The molecule has 1 aromatic heterocycles. The van der Waals surface area contributed by atoms with Crippen molar-refractivity contribution in [2.75, 3.05) is 12.8 Å². The monoisotopic (exact) mass is 204 g/mol. The highest BCUT2D eigenvalue weighted by atomic mass is 16.5. The summed E-state index contributed by atoms with van der Waals surface area (Å²) in [5.74, 6) is 1.28. The zero-order valence-corrected chi connectivity index (χ0v) is 8.65. The van der Waals surface area contributed by atoms with Crippen LogP contribution in [0.2, 0.25) is 0 Å². The van der Waals surface area contributed by atoms with E-state index < -0.39 is 0 Å². The van der Waals surface area contributed by atoms with Gasteiger partial charge in [0.05, 0.1) is 18.9 Å². The number of aryl methyl sites for hydroxylation is 1. The SMILES string of the molecule is COc1cc(C)ccc1-c1oncc1N. The molecule has 0 aliphatic rings. The molecule has 2 N–H and O–H groups in total. The number of benzene rings is 1. The topological polar surface area (TPSA) is 61.3 Å². The van der Waals surface area contributed by atoms with Gasteiger partial charge >= 0.3 is 0 Å². The van der Waals surface area contributed by atoms with Gasteiger partial charge in [-0.2, -0.15) is 0 Å². The predicted octanol–water partition coefficient (Wildman–Crippen LogP) is 2.24. The fraction of sp³-hybridized carbons (Fsp3) is 0.182. The van der Waals surface area contributed by atoms with E-state index in [1.54, 1.807) is 7.11 Å². The highest BCUT2D eigenvalue weighted by molar-refractivity contribution is 5.75. The fourth-order valence-corrected chi connectivity index (χ4v) is 1.44. The van der Waals surface area contributed by atoms with Gasteiger partial charge in [-0.3, -0.25) is 0 Å². The van der Waals surface area contributed by atoms with E-state index in [1.165, 1.54) is 6.20 Å². The summed E-state index contributed by atoms with van der Waals surface area (Å²) in [4.78, 5) is 0. The van der Waals surface area contributed by atoms with Gasteiger partial charge in [-0.25, -0.2) is 0 Å². The Kier molecular flexibility index (Phi) is 2.33. The molecule has 0 unspecified atom stereocenters. The largest absolute Gasteiger partial charge is 0.496 e. The van der Waals surface area contributed by atoms with Crippen molar-refractivity contribution >= 4 is 5.69 Å². The van der Waals surface area contributed by atoms with E-state index in [9.17, 15) is 0 Å². The first-order valence-corrected chi connectivity index (χ1v) is 4.57. The van der Waals surface area contributed by atoms with Crippen LogP contribution in [0, 0.1) is 6.92 Å². The number of nitrogens with two attached hydrogens (primary N) is 1. The van der Waals surface area contributed by atoms with E-state index in [0.29, 0.717) is 11.4 Å². The molecular weight excluding hydrogens is 192 g/mol. The van der Waals surface area contributed by atoms with E-state index in [0.717, 1.165) is 16.9 Å². The van der Waals surface area contributed by atoms with E-state index in [4.69, 9.17) is 15.0 Å². The van der Waals surface area contributed by atoms with Crippen molar-refractivity contribution in [2.24, 2.45) is 0 Å². The molecule has 0 bridgehead atoms. The third-order valence-corrected chi connectivity index (χ3v) is 2.20. The van der Waals surface area contributed by atoms with Crippen LogP contribution in [0.15, 0.2) is 28.9 Å². The normalized spacial score (nSPS) is 10.3. The Labute approximate surface area is 87.6 Å². The highest BCUT2D eigenvalue weighted by Gasteiger charge is 2.13. The average molecular weight is 204 g/mol.